The Labute approximate surface area is 174 Å². The topological polar surface area (TPSA) is 109 Å². The fourth-order valence-electron chi connectivity index (χ4n) is 2.69. The molecule has 1 aromatic carbocycles. The molecule has 0 saturated carbocycles. The van der Waals surface area contributed by atoms with Crippen LogP contribution in [0.4, 0.5) is 0 Å². The van der Waals surface area contributed by atoms with Gasteiger partial charge in [0.2, 0.25) is 5.16 Å². The van der Waals surface area contributed by atoms with Gasteiger partial charge in [-0.25, -0.2) is 14.5 Å². The highest BCUT2D eigenvalue weighted by Crippen LogP contribution is 2.29. The molecule has 4 rings (SSSR count). The van der Waals surface area contributed by atoms with Gasteiger partial charge in [0, 0.05) is 16.7 Å². The Bertz CT molecular complexity index is 1150. The summed E-state index contributed by atoms with van der Waals surface area (Å²) in [6.45, 7) is 1.85. The highest BCUT2D eigenvalue weighted by molar-refractivity contribution is 7.98. The predicted molar refractivity (Wildman–Crippen MR) is 111 cm³/mol. The fourth-order valence-corrected chi connectivity index (χ4v) is 4.37. The zero-order valence-corrected chi connectivity index (χ0v) is 17.3. The number of hydrogen-bond acceptors (Lipinski definition) is 9. The lowest BCUT2D eigenvalue weighted by Gasteiger charge is -2.02. The van der Waals surface area contributed by atoms with E-state index in [2.05, 4.69) is 15.2 Å². The minimum Gasteiger partial charge on any atom is -0.469 e. The summed E-state index contributed by atoms with van der Waals surface area (Å²) in [6, 6.07) is 8.99. The van der Waals surface area contributed by atoms with Gasteiger partial charge in [0.25, 0.3) is 0 Å². The van der Waals surface area contributed by atoms with Gasteiger partial charge in [-0.3, -0.25) is 0 Å². The SMILES string of the molecule is COC(=O)c1ccc(-c2nc(CSc3nnc(-c4ccoc4C)n3N)cs2)cc1. The number of furan rings is 1. The fraction of sp³-hybridized carbons (Fsp3) is 0.158. The van der Waals surface area contributed by atoms with Crippen molar-refractivity contribution < 1.29 is 13.9 Å². The Morgan fingerprint density at radius 3 is 2.76 bits per heavy atom. The molecule has 4 aromatic rings. The minimum absolute atomic E-state index is 0.358. The van der Waals surface area contributed by atoms with E-state index < -0.39 is 0 Å². The van der Waals surface area contributed by atoms with Crippen molar-refractivity contribution in [3.63, 3.8) is 0 Å². The van der Waals surface area contributed by atoms with E-state index in [1.54, 1.807) is 29.7 Å². The maximum atomic E-state index is 11.5. The van der Waals surface area contributed by atoms with Crippen LogP contribution >= 0.6 is 23.1 Å². The zero-order chi connectivity index (χ0) is 20.4. The van der Waals surface area contributed by atoms with Crippen molar-refractivity contribution in [2.45, 2.75) is 17.8 Å². The molecule has 0 amide bonds. The lowest BCUT2D eigenvalue weighted by Crippen LogP contribution is -2.11. The summed E-state index contributed by atoms with van der Waals surface area (Å²) in [7, 11) is 1.36. The van der Waals surface area contributed by atoms with E-state index in [0.717, 1.165) is 27.6 Å². The molecular weight excluding hydrogens is 410 g/mol. The van der Waals surface area contributed by atoms with Crippen LogP contribution in [0.15, 0.2) is 51.5 Å². The second-order valence-electron chi connectivity index (χ2n) is 6.07. The van der Waals surface area contributed by atoms with Crippen LogP contribution in [0.3, 0.4) is 0 Å². The first kappa shape index (κ1) is 19.2. The largest absolute Gasteiger partial charge is 0.469 e. The van der Waals surface area contributed by atoms with Crippen molar-refractivity contribution in [1.82, 2.24) is 19.9 Å². The van der Waals surface area contributed by atoms with Crippen LogP contribution in [-0.2, 0) is 10.5 Å². The van der Waals surface area contributed by atoms with Gasteiger partial charge in [-0.1, -0.05) is 23.9 Å². The molecule has 29 heavy (non-hydrogen) atoms. The molecule has 0 spiro atoms. The molecule has 10 heteroatoms. The second-order valence-corrected chi connectivity index (χ2v) is 7.87. The molecule has 0 atom stereocenters. The number of nitrogens with zero attached hydrogens (tertiary/aromatic N) is 4. The average Bonchev–Trinajstić information content (AvgIpc) is 3.46. The average molecular weight is 428 g/mol. The van der Waals surface area contributed by atoms with Crippen molar-refractivity contribution in [2.24, 2.45) is 0 Å². The number of esters is 1. The Hall–Kier alpha value is -3.11. The molecule has 3 aromatic heterocycles. The molecular formula is C19H17N5O3S2. The zero-order valence-electron chi connectivity index (χ0n) is 15.7. The number of rotatable bonds is 6. The number of hydrogen-bond donors (Lipinski definition) is 1. The molecule has 148 valence electrons. The molecule has 8 nitrogen and oxygen atoms in total. The number of carbonyl (C=O) groups is 1. The van der Waals surface area contributed by atoms with Crippen molar-refractivity contribution in [3.05, 3.63) is 59.0 Å². The Kier molecular flexibility index (Phi) is 5.36. The molecule has 2 N–H and O–H groups in total. The van der Waals surface area contributed by atoms with Gasteiger partial charge in [-0.15, -0.1) is 21.5 Å². The number of nitrogens with two attached hydrogens (primary N) is 1. The van der Waals surface area contributed by atoms with Gasteiger partial charge in [0.1, 0.15) is 10.8 Å². The van der Waals surface area contributed by atoms with Crippen LogP contribution in [0.1, 0.15) is 21.8 Å². The predicted octanol–water partition coefficient (Wildman–Crippen LogP) is 3.76. The molecule has 0 aliphatic rings. The third-order valence-corrected chi connectivity index (χ3v) is 6.13. The molecule has 0 aliphatic heterocycles. The molecule has 0 radical (unpaired) electrons. The van der Waals surface area contributed by atoms with E-state index >= 15 is 0 Å². The number of nitrogen functional groups attached to an aromatic ring is 1. The number of thioether (sulfide) groups is 1. The van der Waals surface area contributed by atoms with Crippen LogP contribution < -0.4 is 5.84 Å². The van der Waals surface area contributed by atoms with Crippen LogP contribution in [-0.4, -0.2) is 32.9 Å². The molecule has 0 saturated heterocycles. The minimum atomic E-state index is -0.358. The summed E-state index contributed by atoms with van der Waals surface area (Å²) in [5.74, 6) is 7.69. The van der Waals surface area contributed by atoms with Crippen molar-refractivity contribution in [1.29, 1.82) is 0 Å². The van der Waals surface area contributed by atoms with Gasteiger partial charge in [-0.2, -0.15) is 0 Å². The van der Waals surface area contributed by atoms with Crippen LogP contribution in [0.25, 0.3) is 22.0 Å². The van der Waals surface area contributed by atoms with E-state index in [-0.39, 0.29) is 5.97 Å². The van der Waals surface area contributed by atoms with E-state index in [1.807, 2.05) is 30.5 Å². The summed E-state index contributed by atoms with van der Waals surface area (Å²) in [5.41, 5.74) is 3.18. The number of aromatic nitrogens is 4. The highest BCUT2D eigenvalue weighted by Gasteiger charge is 2.16. The second kappa shape index (κ2) is 8.10. The Morgan fingerprint density at radius 2 is 2.07 bits per heavy atom. The van der Waals surface area contributed by atoms with E-state index in [9.17, 15) is 4.79 Å². The van der Waals surface area contributed by atoms with E-state index in [0.29, 0.717) is 22.3 Å². The van der Waals surface area contributed by atoms with E-state index in [1.165, 1.54) is 23.5 Å². The molecule has 0 fully saturated rings. The number of methoxy groups -OCH3 is 1. The quantitative estimate of drug-likeness (QED) is 0.281. The van der Waals surface area contributed by atoms with Crippen LogP contribution in [0, 0.1) is 6.92 Å². The lowest BCUT2D eigenvalue weighted by atomic mass is 10.1. The number of ether oxygens (including phenoxy) is 1. The smallest absolute Gasteiger partial charge is 0.337 e. The molecule has 0 bridgehead atoms. The number of carbonyl (C=O) groups excluding carboxylic acids is 1. The maximum absolute atomic E-state index is 11.5. The maximum Gasteiger partial charge on any atom is 0.337 e. The third kappa shape index (κ3) is 3.89. The van der Waals surface area contributed by atoms with Gasteiger partial charge in [0.05, 0.1) is 30.2 Å². The first-order chi connectivity index (χ1) is 14.1. The number of benzene rings is 1. The Morgan fingerprint density at radius 1 is 1.28 bits per heavy atom. The Balaban J connectivity index is 1.45. The van der Waals surface area contributed by atoms with Crippen LogP contribution in [0.5, 0.6) is 0 Å². The first-order valence-corrected chi connectivity index (χ1v) is 10.4. The highest BCUT2D eigenvalue weighted by atomic mass is 32.2. The van der Waals surface area contributed by atoms with Crippen molar-refractivity contribution >= 4 is 29.1 Å². The van der Waals surface area contributed by atoms with Gasteiger partial charge < -0.3 is 15.0 Å². The van der Waals surface area contributed by atoms with Gasteiger partial charge in [-0.05, 0) is 25.1 Å². The summed E-state index contributed by atoms with van der Waals surface area (Å²) in [4.78, 5) is 16.2. The summed E-state index contributed by atoms with van der Waals surface area (Å²) >= 11 is 3.00. The lowest BCUT2D eigenvalue weighted by molar-refractivity contribution is 0.0601. The molecule has 0 unspecified atom stereocenters. The molecule has 3 heterocycles. The van der Waals surface area contributed by atoms with E-state index in [4.69, 9.17) is 15.0 Å². The summed E-state index contributed by atoms with van der Waals surface area (Å²) in [5, 5.41) is 11.8. The van der Waals surface area contributed by atoms with Crippen molar-refractivity contribution in [2.75, 3.05) is 13.0 Å². The summed E-state index contributed by atoms with van der Waals surface area (Å²) in [6.07, 6.45) is 1.60. The van der Waals surface area contributed by atoms with Gasteiger partial charge >= 0.3 is 5.97 Å². The third-order valence-electron chi connectivity index (χ3n) is 4.22. The monoisotopic (exact) mass is 427 g/mol. The number of aryl methyl sites for hydroxylation is 1. The van der Waals surface area contributed by atoms with Crippen LogP contribution in [0.2, 0.25) is 0 Å². The van der Waals surface area contributed by atoms with Gasteiger partial charge in [0.15, 0.2) is 5.82 Å². The first-order valence-electron chi connectivity index (χ1n) is 8.57. The number of thiazole rings is 1. The molecule has 0 aliphatic carbocycles. The standard InChI is InChI=1S/C19H17N5O3S2/c1-11-15(7-8-27-11)16-22-23-19(24(16)20)29-10-14-9-28-17(21-14)12-3-5-13(6-4-12)18(25)26-2/h3-9H,10,20H2,1-2H3. The van der Waals surface area contributed by atoms with Crippen molar-refractivity contribution in [3.8, 4) is 22.0 Å². The normalized spacial score (nSPS) is 11.0. The summed E-state index contributed by atoms with van der Waals surface area (Å²) < 4.78 is 11.5.